The molecule has 5 nitrogen and oxygen atoms in total. The van der Waals surface area contributed by atoms with E-state index in [-0.39, 0.29) is 24.5 Å². The summed E-state index contributed by atoms with van der Waals surface area (Å²) in [5.41, 5.74) is 0.567. The standard InChI is InChI=1S/C14H21BrN2O3/c1-5-16-8-11(15)7-12(16)14(19)17(10(3)4)9-13(18)20-6-2/h7-8,10H,5-6,9H2,1-4H3. The van der Waals surface area contributed by atoms with E-state index in [4.69, 9.17) is 4.74 Å². The number of amides is 1. The number of hydrogen-bond donors (Lipinski definition) is 0. The molecule has 20 heavy (non-hydrogen) atoms. The number of rotatable bonds is 6. The Morgan fingerprint density at radius 2 is 2.05 bits per heavy atom. The van der Waals surface area contributed by atoms with Gasteiger partial charge in [0.15, 0.2) is 0 Å². The second-order valence-corrected chi connectivity index (χ2v) is 5.58. The molecule has 0 fully saturated rings. The van der Waals surface area contributed by atoms with Gasteiger partial charge in [0.1, 0.15) is 12.2 Å². The maximum atomic E-state index is 12.6. The molecule has 0 saturated heterocycles. The SMILES string of the molecule is CCOC(=O)CN(C(=O)c1cc(Br)cn1CC)C(C)C. The largest absolute Gasteiger partial charge is 0.465 e. The van der Waals surface area contributed by atoms with Crippen LogP contribution in [0.5, 0.6) is 0 Å². The van der Waals surface area contributed by atoms with Crippen molar-refractivity contribution in [1.82, 2.24) is 9.47 Å². The highest BCUT2D eigenvalue weighted by Gasteiger charge is 2.24. The highest BCUT2D eigenvalue weighted by atomic mass is 79.9. The minimum absolute atomic E-state index is 0.0309. The lowest BCUT2D eigenvalue weighted by Gasteiger charge is -2.26. The molecule has 0 aliphatic heterocycles. The van der Waals surface area contributed by atoms with Gasteiger partial charge in [-0.1, -0.05) is 0 Å². The van der Waals surface area contributed by atoms with Crippen molar-refractivity contribution in [2.24, 2.45) is 0 Å². The lowest BCUT2D eigenvalue weighted by Crippen LogP contribution is -2.42. The first-order valence-corrected chi connectivity index (χ1v) is 7.52. The summed E-state index contributed by atoms with van der Waals surface area (Å²) in [6.45, 7) is 8.45. The van der Waals surface area contributed by atoms with E-state index in [1.165, 1.54) is 4.90 Å². The Labute approximate surface area is 128 Å². The zero-order chi connectivity index (χ0) is 15.3. The Bertz CT molecular complexity index is 483. The first-order chi connectivity index (χ1) is 9.40. The number of carbonyl (C=O) groups excluding carboxylic acids is 2. The molecule has 0 N–H and O–H groups in total. The highest BCUT2D eigenvalue weighted by Crippen LogP contribution is 2.17. The summed E-state index contributed by atoms with van der Waals surface area (Å²) < 4.78 is 7.63. The van der Waals surface area contributed by atoms with Gasteiger partial charge in [0.2, 0.25) is 0 Å². The zero-order valence-corrected chi connectivity index (χ0v) is 13.9. The summed E-state index contributed by atoms with van der Waals surface area (Å²) in [6, 6.07) is 1.69. The second-order valence-electron chi connectivity index (χ2n) is 4.66. The van der Waals surface area contributed by atoms with Crippen LogP contribution in [0.1, 0.15) is 38.2 Å². The van der Waals surface area contributed by atoms with Gasteiger partial charge in [-0.2, -0.15) is 0 Å². The number of carbonyl (C=O) groups is 2. The summed E-state index contributed by atoms with van der Waals surface area (Å²) in [5, 5.41) is 0. The van der Waals surface area contributed by atoms with E-state index >= 15 is 0 Å². The fourth-order valence-electron chi connectivity index (χ4n) is 1.90. The Morgan fingerprint density at radius 1 is 1.40 bits per heavy atom. The molecule has 0 spiro atoms. The number of aryl methyl sites for hydroxylation is 1. The van der Waals surface area contributed by atoms with Crippen molar-refractivity contribution in [3.8, 4) is 0 Å². The predicted octanol–water partition coefficient (Wildman–Crippen LogP) is 2.68. The molecule has 1 heterocycles. The van der Waals surface area contributed by atoms with Gasteiger partial charge in [0, 0.05) is 23.3 Å². The summed E-state index contributed by atoms with van der Waals surface area (Å²) >= 11 is 3.37. The third kappa shape index (κ3) is 4.10. The summed E-state index contributed by atoms with van der Waals surface area (Å²) in [7, 11) is 0. The monoisotopic (exact) mass is 344 g/mol. The van der Waals surface area contributed by atoms with E-state index in [0.717, 1.165) is 4.47 Å². The molecule has 1 aromatic rings. The molecule has 0 unspecified atom stereocenters. The van der Waals surface area contributed by atoms with Crippen molar-refractivity contribution in [2.45, 2.75) is 40.3 Å². The third-order valence-corrected chi connectivity index (χ3v) is 3.35. The van der Waals surface area contributed by atoms with Crippen LogP contribution in [0, 0.1) is 0 Å². The average molecular weight is 345 g/mol. The van der Waals surface area contributed by atoms with Gasteiger partial charge in [-0.3, -0.25) is 9.59 Å². The van der Waals surface area contributed by atoms with E-state index in [0.29, 0.717) is 18.8 Å². The van der Waals surface area contributed by atoms with E-state index in [1.54, 1.807) is 13.0 Å². The molecule has 0 aliphatic rings. The van der Waals surface area contributed by atoms with E-state index < -0.39 is 0 Å². The molecular formula is C14H21BrN2O3. The lowest BCUT2D eigenvalue weighted by molar-refractivity contribution is -0.144. The number of esters is 1. The minimum atomic E-state index is -0.386. The molecule has 0 aliphatic carbocycles. The van der Waals surface area contributed by atoms with Crippen molar-refractivity contribution in [2.75, 3.05) is 13.2 Å². The van der Waals surface area contributed by atoms with Gasteiger partial charge in [0.25, 0.3) is 5.91 Å². The molecule has 1 aromatic heterocycles. The summed E-state index contributed by atoms with van der Waals surface area (Å²) in [5.74, 6) is -0.552. The molecule has 0 bridgehead atoms. The van der Waals surface area contributed by atoms with Gasteiger partial charge in [0.05, 0.1) is 6.61 Å². The van der Waals surface area contributed by atoms with Gasteiger partial charge in [-0.05, 0) is 49.7 Å². The highest BCUT2D eigenvalue weighted by molar-refractivity contribution is 9.10. The molecule has 1 amide bonds. The average Bonchev–Trinajstić information content (AvgIpc) is 2.76. The first-order valence-electron chi connectivity index (χ1n) is 6.72. The van der Waals surface area contributed by atoms with Crippen LogP contribution in [-0.4, -0.2) is 40.5 Å². The van der Waals surface area contributed by atoms with Crippen LogP contribution < -0.4 is 0 Å². The van der Waals surface area contributed by atoms with Gasteiger partial charge in [-0.25, -0.2) is 0 Å². The van der Waals surface area contributed by atoms with Crippen LogP contribution in [0.15, 0.2) is 16.7 Å². The number of nitrogens with zero attached hydrogens (tertiary/aromatic N) is 2. The van der Waals surface area contributed by atoms with E-state index in [9.17, 15) is 9.59 Å². The molecule has 1 rings (SSSR count). The molecule has 6 heteroatoms. The Morgan fingerprint density at radius 3 is 2.55 bits per heavy atom. The van der Waals surface area contributed by atoms with Crippen LogP contribution in [0.2, 0.25) is 0 Å². The van der Waals surface area contributed by atoms with Crippen molar-refractivity contribution in [1.29, 1.82) is 0 Å². The second kappa shape index (κ2) is 7.47. The summed E-state index contributed by atoms with van der Waals surface area (Å²) in [4.78, 5) is 25.7. The summed E-state index contributed by atoms with van der Waals surface area (Å²) in [6.07, 6.45) is 1.86. The van der Waals surface area contributed by atoms with Crippen molar-refractivity contribution >= 4 is 27.8 Å². The van der Waals surface area contributed by atoms with Crippen LogP contribution >= 0.6 is 15.9 Å². The van der Waals surface area contributed by atoms with Gasteiger partial charge < -0.3 is 14.2 Å². The smallest absolute Gasteiger partial charge is 0.325 e. The minimum Gasteiger partial charge on any atom is -0.465 e. The van der Waals surface area contributed by atoms with Crippen LogP contribution in [0.25, 0.3) is 0 Å². The number of hydrogen-bond acceptors (Lipinski definition) is 3. The Hall–Kier alpha value is -1.30. The first kappa shape index (κ1) is 16.8. The van der Waals surface area contributed by atoms with Crippen LogP contribution in [0.4, 0.5) is 0 Å². The molecule has 0 radical (unpaired) electrons. The fraction of sp³-hybridized carbons (Fsp3) is 0.571. The lowest BCUT2D eigenvalue weighted by atomic mass is 10.2. The Balaban J connectivity index is 2.96. The molecule has 0 saturated carbocycles. The van der Waals surface area contributed by atoms with Gasteiger partial charge in [-0.15, -0.1) is 0 Å². The third-order valence-electron chi connectivity index (χ3n) is 2.91. The molecule has 112 valence electrons. The van der Waals surface area contributed by atoms with Crippen LogP contribution in [-0.2, 0) is 16.1 Å². The van der Waals surface area contributed by atoms with E-state index in [1.807, 2.05) is 31.5 Å². The number of halogens is 1. The van der Waals surface area contributed by atoms with Crippen LogP contribution in [0.3, 0.4) is 0 Å². The van der Waals surface area contributed by atoms with Crippen molar-refractivity contribution < 1.29 is 14.3 Å². The Kier molecular flexibility index (Phi) is 6.26. The fourth-order valence-corrected chi connectivity index (χ4v) is 2.36. The quantitative estimate of drug-likeness (QED) is 0.745. The molecule has 0 aromatic carbocycles. The molecular weight excluding hydrogens is 324 g/mol. The number of aromatic nitrogens is 1. The van der Waals surface area contributed by atoms with Gasteiger partial charge >= 0.3 is 5.97 Å². The predicted molar refractivity (Wildman–Crippen MR) is 80.6 cm³/mol. The maximum Gasteiger partial charge on any atom is 0.325 e. The molecule has 0 atom stereocenters. The number of ether oxygens (including phenoxy) is 1. The topological polar surface area (TPSA) is 51.5 Å². The van der Waals surface area contributed by atoms with Crippen molar-refractivity contribution in [3.63, 3.8) is 0 Å². The maximum absolute atomic E-state index is 12.6. The zero-order valence-electron chi connectivity index (χ0n) is 12.4. The normalized spacial score (nSPS) is 10.7. The van der Waals surface area contributed by atoms with Crippen molar-refractivity contribution in [3.05, 3.63) is 22.4 Å². The van der Waals surface area contributed by atoms with E-state index in [2.05, 4.69) is 15.9 Å².